The summed E-state index contributed by atoms with van der Waals surface area (Å²) in [6.07, 6.45) is 9.46. The lowest BCUT2D eigenvalue weighted by Gasteiger charge is -2.49. The zero-order chi connectivity index (χ0) is 14.5. The van der Waals surface area contributed by atoms with Gasteiger partial charge in [0.05, 0.1) is 0 Å². The molecular weight excluding hydrogens is 256 g/mol. The molecule has 2 aliphatic heterocycles. The molecule has 2 atom stereocenters. The van der Waals surface area contributed by atoms with Crippen molar-refractivity contribution < 1.29 is 0 Å². The first-order valence-corrected chi connectivity index (χ1v) is 8.90. The monoisotopic (exact) mass is 286 g/mol. The first-order valence-electron chi connectivity index (χ1n) is 8.90. The molecule has 0 radical (unpaired) electrons. The topological polar surface area (TPSA) is 15.3 Å². The highest BCUT2D eigenvalue weighted by molar-refractivity contribution is 5.15. The first-order chi connectivity index (χ1) is 10.4. The Bertz CT molecular complexity index is 403. The third-order valence-electron chi connectivity index (χ3n) is 5.31. The lowest BCUT2D eigenvalue weighted by molar-refractivity contribution is 0.0257. The predicted molar refractivity (Wildman–Crippen MR) is 89.6 cm³/mol. The van der Waals surface area contributed by atoms with Crippen LogP contribution in [0.25, 0.3) is 0 Å². The smallest absolute Gasteiger partial charge is 0.0113 e. The predicted octanol–water partition coefficient (Wildman–Crippen LogP) is 3.61. The van der Waals surface area contributed by atoms with Crippen LogP contribution in [0.15, 0.2) is 30.3 Å². The van der Waals surface area contributed by atoms with E-state index in [2.05, 4.69) is 47.5 Å². The fourth-order valence-electron chi connectivity index (χ4n) is 4.26. The van der Waals surface area contributed by atoms with Gasteiger partial charge < -0.3 is 5.32 Å². The molecule has 2 fully saturated rings. The first kappa shape index (κ1) is 15.1. The summed E-state index contributed by atoms with van der Waals surface area (Å²) < 4.78 is 0. The van der Waals surface area contributed by atoms with E-state index >= 15 is 0 Å². The molecule has 2 bridgehead atoms. The molecule has 2 aliphatic rings. The zero-order valence-electron chi connectivity index (χ0n) is 13.4. The van der Waals surface area contributed by atoms with Gasteiger partial charge in [-0.1, -0.05) is 43.7 Å². The van der Waals surface area contributed by atoms with Crippen molar-refractivity contribution in [2.24, 2.45) is 0 Å². The number of hydrogen-bond donors (Lipinski definition) is 1. The second kappa shape index (κ2) is 7.42. The van der Waals surface area contributed by atoms with Crippen molar-refractivity contribution in [1.29, 1.82) is 0 Å². The second-order valence-electron chi connectivity index (χ2n) is 6.83. The van der Waals surface area contributed by atoms with Gasteiger partial charge in [-0.25, -0.2) is 0 Å². The van der Waals surface area contributed by atoms with E-state index in [-0.39, 0.29) is 0 Å². The molecule has 1 aromatic rings. The number of fused-ring (bicyclic) bond motifs is 2. The molecule has 2 nitrogen and oxygen atoms in total. The van der Waals surface area contributed by atoms with Crippen LogP contribution in [-0.2, 0) is 6.42 Å². The van der Waals surface area contributed by atoms with Crippen LogP contribution in [0.1, 0.15) is 51.0 Å². The second-order valence-corrected chi connectivity index (χ2v) is 6.83. The Morgan fingerprint density at radius 2 is 1.81 bits per heavy atom. The molecule has 0 amide bonds. The average molecular weight is 286 g/mol. The Labute approximate surface area is 129 Å². The van der Waals surface area contributed by atoms with Crippen LogP contribution < -0.4 is 5.32 Å². The highest BCUT2D eigenvalue weighted by atomic mass is 15.2. The summed E-state index contributed by atoms with van der Waals surface area (Å²) >= 11 is 0. The van der Waals surface area contributed by atoms with Gasteiger partial charge in [0.2, 0.25) is 0 Å². The molecule has 2 saturated heterocycles. The Kier molecular flexibility index (Phi) is 5.32. The summed E-state index contributed by atoms with van der Waals surface area (Å²) in [5.74, 6) is 0. The largest absolute Gasteiger partial charge is 0.314 e. The van der Waals surface area contributed by atoms with Crippen LogP contribution in [0.5, 0.6) is 0 Å². The van der Waals surface area contributed by atoms with E-state index < -0.39 is 0 Å². The van der Waals surface area contributed by atoms with Gasteiger partial charge in [0.15, 0.2) is 0 Å². The van der Waals surface area contributed by atoms with Gasteiger partial charge in [0.1, 0.15) is 0 Å². The Balaban J connectivity index is 1.56. The van der Waals surface area contributed by atoms with Crippen LogP contribution in [0.2, 0.25) is 0 Å². The normalized spacial score (nSPS) is 29.5. The maximum Gasteiger partial charge on any atom is 0.0113 e. The number of benzene rings is 1. The number of nitrogens with zero attached hydrogens (tertiary/aromatic N) is 1. The lowest BCUT2D eigenvalue weighted by Crippen LogP contribution is -2.56. The molecule has 116 valence electrons. The summed E-state index contributed by atoms with van der Waals surface area (Å²) in [4.78, 5) is 2.83. The molecule has 3 rings (SSSR count). The maximum absolute atomic E-state index is 3.77. The third-order valence-corrected chi connectivity index (χ3v) is 5.31. The highest BCUT2D eigenvalue weighted by Crippen LogP contribution is 2.34. The van der Waals surface area contributed by atoms with Crippen molar-refractivity contribution in [3.05, 3.63) is 35.9 Å². The fraction of sp³-hybridized carbons (Fsp3) is 0.684. The van der Waals surface area contributed by atoms with Gasteiger partial charge in [-0.2, -0.15) is 0 Å². The summed E-state index contributed by atoms with van der Waals surface area (Å²) in [7, 11) is 0. The number of nitrogens with one attached hydrogen (secondary N) is 1. The molecule has 21 heavy (non-hydrogen) atoms. The summed E-state index contributed by atoms with van der Waals surface area (Å²) in [5, 5.41) is 3.77. The van der Waals surface area contributed by atoms with Gasteiger partial charge in [-0.3, -0.25) is 4.90 Å². The SMILES string of the molecule is CCCNC1CC2CCCC(C1)N2CCc1ccccc1. The van der Waals surface area contributed by atoms with Crippen LogP contribution in [0.3, 0.4) is 0 Å². The average Bonchev–Trinajstić information content (AvgIpc) is 2.51. The molecule has 1 N–H and O–H groups in total. The third kappa shape index (κ3) is 3.87. The van der Waals surface area contributed by atoms with E-state index in [1.54, 1.807) is 0 Å². The van der Waals surface area contributed by atoms with E-state index in [4.69, 9.17) is 0 Å². The van der Waals surface area contributed by atoms with Crippen LogP contribution in [0.4, 0.5) is 0 Å². The molecule has 2 unspecified atom stereocenters. The quantitative estimate of drug-likeness (QED) is 0.859. The van der Waals surface area contributed by atoms with E-state index in [1.807, 2.05) is 0 Å². The van der Waals surface area contributed by atoms with Crippen molar-refractivity contribution >= 4 is 0 Å². The molecule has 0 aliphatic carbocycles. The molecule has 1 aromatic carbocycles. The fourth-order valence-corrected chi connectivity index (χ4v) is 4.26. The van der Waals surface area contributed by atoms with Gasteiger partial charge in [-0.15, -0.1) is 0 Å². The maximum atomic E-state index is 3.77. The van der Waals surface area contributed by atoms with Gasteiger partial charge in [0, 0.05) is 24.7 Å². The molecule has 2 heteroatoms. The number of hydrogen-bond acceptors (Lipinski definition) is 2. The lowest BCUT2D eigenvalue weighted by atomic mass is 9.81. The van der Waals surface area contributed by atoms with Crippen LogP contribution in [0, 0.1) is 0 Å². The van der Waals surface area contributed by atoms with Crippen LogP contribution >= 0.6 is 0 Å². The Morgan fingerprint density at radius 3 is 2.48 bits per heavy atom. The summed E-state index contributed by atoms with van der Waals surface area (Å²) in [5.41, 5.74) is 1.49. The molecule has 2 heterocycles. The van der Waals surface area contributed by atoms with Gasteiger partial charge in [-0.05, 0) is 50.6 Å². The van der Waals surface area contributed by atoms with Crippen LogP contribution in [-0.4, -0.2) is 36.1 Å². The summed E-state index contributed by atoms with van der Waals surface area (Å²) in [6, 6.07) is 13.4. The van der Waals surface area contributed by atoms with Crippen molar-refractivity contribution in [3.8, 4) is 0 Å². The number of piperidine rings is 2. The van der Waals surface area contributed by atoms with Crippen molar-refractivity contribution in [3.63, 3.8) is 0 Å². The molecule has 0 saturated carbocycles. The van der Waals surface area contributed by atoms with E-state index in [0.29, 0.717) is 0 Å². The van der Waals surface area contributed by atoms with E-state index in [1.165, 1.54) is 63.6 Å². The Hall–Kier alpha value is -0.860. The van der Waals surface area contributed by atoms with Gasteiger partial charge in [0.25, 0.3) is 0 Å². The minimum atomic E-state index is 0.772. The minimum absolute atomic E-state index is 0.772. The van der Waals surface area contributed by atoms with Crippen molar-refractivity contribution in [2.75, 3.05) is 13.1 Å². The van der Waals surface area contributed by atoms with Crippen molar-refractivity contribution in [1.82, 2.24) is 10.2 Å². The van der Waals surface area contributed by atoms with E-state index in [0.717, 1.165) is 18.1 Å². The summed E-state index contributed by atoms with van der Waals surface area (Å²) in [6.45, 7) is 4.71. The van der Waals surface area contributed by atoms with Gasteiger partial charge >= 0.3 is 0 Å². The van der Waals surface area contributed by atoms with E-state index in [9.17, 15) is 0 Å². The zero-order valence-corrected chi connectivity index (χ0v) is 13.4. The standard InChI is InChI=1S/C19H30N2/c1-2-12-20-17-14-18-9-6-10-19(15-17)21(18)13-11-16-7-4-3-5-8-16/h3-5,7-8,17-20H,2,6,9-15H2,1H3. The molecular formula is C19H30N2. The van der Waals surface area contributed by atoms with Crippen molar-refractivity contribution in [2.45, 2.75) is 70.0 Å². The Morgan fingerprint density at radius 1 is 1.10 bits per heavy atom. The minimum Gasteiger partial charge on any atom is -0.314 e. The molecule has 0 spiro atoms. The highest BCUT2D eigenvalue weighted by Gasteiger charge is 2.37. The number of rotatable bonds is 6. The molecule has 0 aromatic heterocycles.